The third-order valence-electron chi connectivity index (χ3n) is 18.8. The predicted octanol–water partition coefficient (Wildman–Crippen LogP) is -1.41. The first kappa shape index (κ1) is 88.8. The molecule has 0 spiro atoms. The van der Waals surface area contributed by atoms with Crippen LogP contribution in [0.1, 0.15) is 93.9 Å². The lowest BCUT2D eigenvalue weighted by Gasteiger charge is -2.32. The lowest BCUT2D eigenvalue weighted by atomic mass is 9.97. The smallest absolute Gasteiger partial charge is 0.326 e. The van der Waals surface area contributed by atoms with E-state index in [0.29, 0.717) is 40.8 Å². The third kappa shape index (κ3) is 27.5. The Hall–Kier alpha value is -10.1. The van der Waals surface area contributed by atoms with Gasteiger partial charge >= 0.3 is 11.9 Å². The molecule has 13 amide bonds. The van der Waals surface area contributed by atoms with Crippen molar-refractivity contribution in [1.82, 2.24) is 63.0 Å². The van der Waals surface area contributed by atoms with E-state index in [0.717, 1.165) is 0 Å². The zero-order chi connectivity index (χ0) is 80.6. The maximum atomic E-state index is 15.2. The second kappa shape index (κ2) is 45.1. The molecule has 14 atom stereocenters. The molecule has 0 unspecified atom stereocenters. The summed E-state index contributed by atoms with van der Waals surface area (Å²) >= 11 is 9.84. The van der Waals surface area contributed by atoms with Crippen LogP contribution in [-0.4, -0.2) is 236 Å². The van der Waals surface area contributed by atoms with Crippen LogP contribution in [0.25, 0.3) is 0 Å². The molecule has 4 aromatic carbocycles. The number of carbonyl (C=O) groups excluding carboxylic acids is 13. The molecule has 0 bridgehead atoms. The Balaban J connectivity index is 1.18. The maximum absolute atomic E-state index is 15.2. The molecular weight excluding hydrogens is 1480 g/mol. The maximum Gasteiger partial charge on any atom is 0.326 e. The number of amides is 13. The van der Waals surface area contributed by atoms with Crippen molar-refractivity contribution in [2.24, 2.45) is 17.4 Å². The van der Waals surface area contributed by atoms with Gasteiger partial charge in [0.25, 0.3) is 0 Å². The van der Waals surface area contributed by atoms with Crippen LogP contribution >= 0.6 is 37.0 Å². The van der Waals surface area contributed by atoms with E-state index < -0.39 is 193 Å². The van der Waals surface area contributed by atoms with Crippen molar-refractivity contribution in [3.63, 3.8) is 0 Å². The van der Waals surface area contributed by atoms with Crippen LogP contribution in [0.3, 0.4) is 0 Å². The first-order chi connectivity index (χ1) is 52.6. The van der Waals surface area contributed by atoms with Crippen molar-refractivity contribution >= 4 is 126 Å². The topological polar surface area (TPSA) is 496 Å². The van der Waals surface area contributed by atoms with Crippen LogP contribution in [0.5, 0.6) is 0 Å². The Morgan fingerprint density at radius 1 is 0.473 bits per heavy atom. The van der Waals surface area contributed by atoms with Gasteiger partial charge < -0.3 is 89.8 Å². The SMILES string of the molecule is CC[C@H](C)[C@H](NC(=O)[C@@H]1CCCN1C(=O)[C@H](Cc1ccccc1)NC(=O)[C@H](Cc1ccccc1)NC(=O)[C@@H]1CCCN1C(=O)[C@H](CCC(N)=O)NC(=O)[C@H](Cc1ccccc1)NC(=O)[C@H](CC(=O)O)NC(=O)[C@@H](N)CCSC)C(=O)N[C@@H](CS)C(=O)N[C@@H](CO)C(=O)N[C@@H](CS)C(=O)N[C@@H](Cc1ccccc1)C(=O)O. The van der Waals surface area contributed by atoms with Crippen molar-refractivity contribution in [2.45, 2.75) is 176 Å². The van der Waals surface area contributed by atoms with E-state index in [4.69, 9.17) is 11.5 Å². The third-order valence-corrected chi connectivity index (χ3v) is 20.2. The van der Waals surface area contributed by atoms with Gasteiger partial charge in [0.1, 0.15) is 72.5 Å². The second-order valence-corrected chi connectivity index (χ2v) is 28.7. The number of nitrogens with two attached hydrogens (primary N) is 2. The lowest BCUT2D eigenvalue weighted by Crippen LogP contribution is -2.62. The second-order valence-electron chi connectivity index (χ2n) is 26.9. The molecule has 32 nitrogen and oxygen atoms in total. The molecule has 2 aliphatic heterocycles. The number of hydrogen-bond donors (Lipinski definition) is 17. The summed E-state index contributed by atoms with van der Waals surface area (Å²) in [5, 5.41) is 55.5. The van der Waals surface area contributed by atoms with Gasteiger partial charge in [0.15, 0.2) is 0 Å². The average molecular weight is 1580 g/mol. The number of carboxylic acids is 2. The molecule has 0 radical (unpaired) electrons. The molecule has 4 aromatic rings. The Labute approximate surface area is 652 Å². The Morgan fingerprint density at radius 3 is 1.27 bits per heavy atom. The van der Waals surface area contributed by atoms with E-state index in [1.165, 1.54) is 21.6 Å². The summed E-state index contributed by atoms with van der Waals surface area (Å²) in [7, 11) is 0. The van der Waals surface area contributed by atoms with Crippen molar-refractivity contribution in [2.75, 3.05) is 43.2 Å². The molecule has 17 N–H and O–H groups in total. The summed E-state index contributed by atoms with van der Waals surface area (Å²) in [6, 6.07) is 15.4. The Kier molecular flexibility index (Phi) is 36.4. The van der Waals surface area contributed by atoms with Crippen molar-refractivity contribution in [3.8, 4) is 0 Å². The molecule has 596 valence electrons. The van der Waals surface area contributed by atoms with Gasteiger partial charge in [-0.05, 0) is 78.7 Å². The number of carbonyl (C=O) groups is 15. The molecule has 0 aromatic heterocycles. The molecule has 2 fully saturated rings. The zero-order valence-corrected chi connectivity index (χ0v) is 64.0. The van der Waals surface area contributed by atoms with E-state index >= 15 is 9.59 Å². The number of aliphatic hydroxyl groups excluding tert-OH is 1. The van der Waals surface area contributed by atoms with Gasteiger partial charge in [-0.15, -0.1) is 0 Å². The monoisotopic (exact) mass is 1580 g/mol. The van der Waals surface area contributed by atoms with Crippen LogP contribution < -0.4 is 64.6 Å². The minimum atomic E-state index is -1.71. The fourth-order valence-corrected chi connectivity index (χ4v) is 13.5. The number of aliphatic carboxylic acids is 2. The summed E-state index contributed by atoms with van der Waals surface area (Å²) in [5.41, 5.74) is 13.9. The van der Waals surface area contributed by atoms with Crippen molar-refractivity contribution in [3.05, 3.63) is 144 Å². The molecule has 35 heteroatoms. The molecule has 6 rings (SSSR count). The number of aliphatic hydroxyl groups is 1. The quantitative estimate of drug-likeness (QED) is 0.0226. The molecule has 0 saturated carbocycles. The van der Waals surface area contributed by atoms with Gasteiger partial charge in [-0.1, -0.05) is 142 Å². The number of thiol groups is 2. The Morgan fingerprint density at radius 2 is 0.836 bits per heavy atom. The highest BCUT2D eigenvalue weighted by Gasteiger charge is 2.44. The predicted molar refractivity (Wildman–Crippen MR) is 413 cm³/mol. The van der Waals surface area contributed by atoms with Gasteiger partial charge in [-0.3, -0.25) is 67.1 Å². The summed E-state index contributed by atoms with van der Waals surface area (Å²) in [4.78, 5) is 210. The Bertz CT molecular complexity index is 3820. The van der Waals surface area contributed by atoms with E-state index in [1.54, 1.807) is 141 Å². The van der Waals surface area contributed by atoms with Crippen LogP contribution in [0.2, 0.25) is 0 Å². The van der Waals surface area contributed by atoms with Crippen LogP contribution in [0, 0.1) is 5.92 Å². The van der Waals surface area contributed by atoms with Gasteiger partial charge in [-0.25, -0.2) is 4.79 Å². The minimum Gasteiger partial charge on any atom is -0.481 e. The summed E-state index contributed by atoms with van der Waals surface area (Å²) in [6.45, 7) is 2.40. The highest BCUT2D eigenvalue weighted by Crippen LogP contribution is 2.24. The van der Waals surface area contributed by atoms with E-state index in [1.807, 2.05) is 0 Å². The first-order valence-electron chi connectivity index (χ1n) is 36.2. The highest BCUT2D eigenvalue weighted by atomic mass is 32.2. The van der Waals surface area contributed by atoms with Gasteiger partial charge in [-0.2, -0.15) is 37.0 Å². The van der Waals surface area contributed by atoms with E-state index in [9.17, 15) is 77.6 Å². The zero-order valence-electron chi connectivity index (χ0n) is 61.4. The number of nitrogens with one attached hydrogen (secondary N) is 10. The molecule has 2 saturated heterocycles. The molecule has 0 aliphatic carbocycles. The van der Waals surface area contributed by atoms with Crippen LogP contribution in [0.4, 0.5) is 0 Å². The van der Waals surface area contributed by atoms with Gasteiger partial charge in [0.2, 0.25) is 76.8 Å². The lowest BCUT2D eigenvalue weighted by molar-refractivity contribution is -0.144. The fraction of sp³-hybridized carbons (Fsp3) is 0.480. The highest BCUT2D eigenvalue weighted by molar-refractivity contribution is 7.98. The molecule has 2 aliphatic rings. The standard InChI is InChI=1S/C75H100N14O18S3/c1-4-43(2)62(72(103)86-57(42-109)69(100)84-55(40-90)67(98)85-56(41-108)68(99)83-54(75(106)107)38-47-25-15-8-16-26-47)87-71(102)59-28-18-33-89(59)74(105)53(37-46-23-13-7-14-24-46)82-65(96)51(36-45-21-11-6-12-22-45)81-70(101)58-27-17-32-88(58)73(104)49(29-30-60(77)91)78-64(95)50(35-44-19-9-5-10-20-44)80-66(97)52(39-61(92)93)79-63(94)48(76)31-34-110-3/h5-16,19-26,43,48-59,62,90,108-109H,4,17-18,27-42,76H2,1-3H3,(H2,77,91)(H,78,95)(H,79,94)(H,80,97)(H,81,101)(H,82,96)(H,83,99)(H,84,100)(H,85,98)(H,86,103)(H,87,102)(H,92,93)(H,106,107)/t43-,48-,49-,50-,51-,52-,53-,54-,55-,56-,57-,58-,59-,62-/m0/s1. The van der Waals surface area contributed by atoms with Crippen LogP contribution in [0.15, 0.2) is 121 Å². The summed E-state index contributed by atoms with van der Waals surface area (Å²) in [5.74, 6) is -15.1. The van der Waals surface area contributed by atoms with E-state index in [2.05, 4.69) is 78.4 Å². The number of carboxylic acid groups (broad SMARTS) is 2. The molecular formula is C75H100N14O18S3. The minimum absolute atomic E-state index is 0.0242. The number of rotatable bonds is 44. The van der Waals surface area contributed by atoms with Crippen molar-refractivity contribution < 1.29 is 87.2 Å². The number of benzene rings is 4. The van der Waals surface area contributed by atoms with E-state index in [-0.39, 0.29) is 82.4 Å². The van der Waals surface area contributed by atoms with Crippen LogP contribution in [-0.2, 0) is 97.6 Å². The summed E-state index contributed by atoms with van der Waals surface area (Å²) < 4.78 is 0. The number of hydrogen-bond acceptors (Lipinski definition) is 20. The largest absolute Gasteiger partial charge is 0.481 e. The van der Waals surface area contributed by atoms with Gasteiger partial charge in [0.05, 0.1) is 19.1 Å². The van der Waals surface area contributed by atoms with Crippen molar-refractivity contribution in [1.29, 1.82) is 0 Å². The average Bonchev–Trinajstić information content (AvgIpc) is 1.51. The number of thioether (sulfide) groups is 1. The summed E-state index contributed by atoms with van der Waals surface area (Å²) in [6.07, 6.45) is 0.755. The van der Waals surface area contributed by atoms with Gasteiger partial charge in [0, 0.05) is 56.7 Å². The first-order valence-corrected chi connectivity index (χ1v) is 38.9. The fourth-order valence-electron chi connectivity index (χ4n) is 12.5. The normalized spacial score (nSPS) is 17.2. The number of primary amides is 1. The number of likely N-dealkylation sites (tertiary alicyclic amines) is 2. The molecule has 110 heavy (non-hydrogen) atoms. The molecule has 2 heterocycles. The number of nitrogens with zero attached hydrogens (tertiary/aromatic N) is 2.